The normalized spacial score (nSPS) is 24.0. The monoisotopic (exact) mass is 313 g/mol. The lowest BCUT2D eigenvalue weighted by molar-refractivity contribution is 0.188. The molecule has 0 aromatic heterocycles. The largest absolute Gasteiger partial charge is 0.495 e. The maximum absolute atomic E-state index is 12.6. The summed E-state index contributed by atoms with van der Waals surface area (Å²) in [5.41, 5.74) is 6.14. The van der Waals surface area contributed by atoms with E-state index in [2.05, 4.69) is 16.5 Å². The van der Waals surface area contributed by atoms with Crippen molar-refractivity contribution >= 4 is 15.7 Å². The first-order valence-electron chi connectivity index (χ1n) is 6.98. The van der Waals surface area contributed by atoms with Gasteiger partial charge >= 0.3 is 0 Å². The van der Waals surface area contributed by atoms with Crippen molar-refractivity contribution in [1.82, 2.24) is 9.62 Å². The molecular weight excluding hydrogens is 290 g/mol. The van der Waals surface area contributed by atoms with Crippen LogP contribution in [0.3, 0.4) is 0 Å². The summed E-state index contributed by atoms with van der Waals surface area (Å²) in [6.07, 6.45) is 0.800. The summed E-state index contributed by atoms with van der Waals surface area (Å²) in [6.45, 7) is 3.82. The van der Waals surface area contributed by atoms with E-state index in [1.54, 1.807) is 6.07 Å². The van der Waals surface area contributed by atoms with Gasteiger partial charge in [0.25, 0.3) is 0 Å². The number of ether oxygens (including phenoxy) is 1. The second-order valence-corrected chi connectivity index (χ2v) is 7.35. The van der Waals surface area contributed by atoms with Gasteiger partial charge in [0.1, 0.15) is 10.6 Å². The van der Waals surface area contributed by atoms with Gasteiger partial charge in [-0.3, -0.25) is 0 Å². The standard InChI is InChI=1S/C14H23N3O3S/c1-10-9-17(2)7-6-12(10)16-21(18,19)14-5-4-11(15)8-13(14)20-3/h4-5,8,10,12,16H,6-7,9,15H2,1-3H3. The summed E-state index contributed by atoms with van der Waals surface area (Å²) >= 11 is 0. The fourth-order valence-corrected chi connectivity index (χ4v) is 4.23. The Morgan fingerprint density at radius 2 is 2.14 bits per heavy atom. The molecule has 1 aliphatic rings. The van der Waals surface area contributed by atoms with Crippen LogP contribution < -0.4 is 15.2 Å². The molecule has 1 aromatic rings. The molecule has 2 rings (SSSR count). The van der Waals surface area contributed by atoms with Crippen LogP contribution in [-0.2, 0) is 10.0 Å². The number of nitrogens with zero attached hydrogens (tertiary/aromatic N) is 1. The third-order valence-electron chi connectivity index (χ3n) is 3.89. The van der Waals surface area contributed by atoms with E-state index in [-0.39, 0.29) is 22.6 Å². The number of hydrogen-bond acceptors (Lipinski definition) is 5. The van der Waals surface area contributed by atoms with Gasteiger partial charge in [-0.05, 0) is 38.1 Å². The molecule has 1 saturated heterocycles. The maximum Gasteiger partial charge on any atom is 0.244 e. The molecule has 7 heteroatoms. The van der Waals surface area contributed by atoms with Gasteiger partial charge in [-0.2, -0.15) is 0 Å². The molecular formula is C14H23N3O3S. The third kappa shape index (κ3) is 3.66. The Hall–Kier alpha value is -1.31. The molecule has 2 unspecified atom stereocenters. The Bertz CT molecular complexity index is 603. The lowest BCUT2D eigenvalue weighted by Crippen LogP contribution is -2.48. The zero-order valence-electron chi connectivity index (χ0n) is 12.7. The predicted octanol–water partition coefficient (Wildman–Crippen LogP) is 0.896. The lowest BCUT2D eigenvalue weighted by Gasteiger charge is -2.35. The second-order valence-electron chi connectivity index (χ2n) is 5.67. The summed E-state index contributed by atoms with van der Waals surface area (Å²) in [5, 5.41) is 0. The van der Waals surface area contributed by atoms with Gasteiger partial charge in [0.15, 0.2) is 0 Å². The molecule has 2 atom stereocenters. The van der Waals surface area contributed by atoms with Crippen molar-refractivity contribution in [2.45, 2.75) is 24.3 Å². The first-order valence-corrected chi connectivity index (χ1v) is 8.46. The molecule has 0 spiro atoms. The van der Waals surface area contributed by atoms with Crippen LogP contribution in [0.25, 0.3) is 0 Å². The summed E-state index contributed by atoms with van der Waals surface area (Å²) < 4.78 is 33.1. The van der Waals surface area contributed by atoms with Crippen molar-refractivity contribution < 1.29 is 13.2 Å². The van der Waals surface area contributed by atoms with Crippen LogP contribution in [0.4, 0.5) is 5.69 Å². The minimum absolute atomic E-state index is 0.0616. The summed E-state index contributed by atoms with van der Waals surface area (Å²) in [7, 11) is -0.137. The minimum atomic E-state index is -3.62. The summed E-state index contributed by atoms with van der Waals surface area (Å²) in [5.74, 6) is 0.529. The molecule has 0 radical (unpaired) electrons. The number of nitrogens with one attached hydrogen (secondary N) is 1. The molecule has 0 saturated carbocycles. The van der Waals surface area contributed by atoms with E-state index in [1.165, 1.54) is 19.2 Å². The first kappa shape index (κ1) is 16.1. The Labute approximate surface area is 126 Å². The number of likely N-dealkylation sites (tertiary alicyclic amines) is 1. The van der Waals surface area contributed by atoms with Gasteiger partial charge in [-0.25, -0.2) is 13.1 Å². The molecule has 1 heterocycles. The van der Waals surface area contributed by atoms with E-state index >= 15 is 0 Å². The molecule has 6 nitrogen and oxygen atoms in total. The fourth-order valence-electron chi connectivity index (χ4n) is 2.70. The highest BCUT2D eigenvalue weighted by molar-refractivity contribution is 7.89. The number of benzene rings is 1. The van der Waals surface area contributed by atoms with Gasteiger partial charge in [0.05, 0.1) is 7.11 Å². The molecule has 118 valence electrons. The van der Waals surface area contributed by atoms with Crippen LogP contribution in [0.2, 0.25) is 0 Å². The molecule has 1 aromatic carbocycles. The van der Waals surface area contributed by atoms with Crippen LogP contribution in [0.5, 0.6) is 5.75 Å². The number of methoxy groups -OCH3 is 1. The van der Waals surface area contributed by atoms with E-state index < -0.39 is 10.0 Å². The highest BCUT2D eigenvalue weighted by atomic mass is 32.2. The topological polar surface area (TPSA) is 84.7 Å². The van der Waals surface area contributed by atoms with Crippen LogP contribution >= 0.6 is 0 Å². The number of nitrogen functional groups attached to an aromatic ring is 1. The van der Waals surface area contributed by atoms with Gasteiger partial charge in [-0.1, -0.05) is 6.92 Å². The van der Waals surface area contributed by atoms with Crippen molar-refractivity contribution in [3.05, 3.63) is 18.2 Å². The molecule has 0 amide bonds. The quantitative estimate of drug-likeness (QED) is 0.807. The average molecular weight is 313 g/mol. The zero-order valence-corrected chi connectivity index (χ0v) is 13.5. The number of anilines is 1. The van der Waals surface area contributed by atoms with Gasteiger partial charge < -0.3 is 15.4 Å². The van der Waals surface area contributed by atoms with Crippen LogP contribution in [0.1, 0.15) is 13.3 Å². The molecule has 21 heavy (non-hydrogen) atoms. The average Bonchev–Trinajstić information content (AvgIpc) is 2.41. The smallest absolute Gasteiger partial charge is 0.244 e. The number of nitrogens with two attached hydrogens (primary N) is 1. The molecule has 3 N–H and O–H groups in total. The van der Waals surface area contributed by atoms with Crippen LogP contribution in [0, 0.1) is 5.92 Å². The maximum atomic E-state index is 12.6. The van der Waals surface area contributed by atoms with Gasteiger partial charge in [0, 0.05) is 24.3 Å². The molecule has 0 bridgehead atoms. The SMILES string of the molecule is COc1cc(N)ccc1S(=O)(=O)NC1CCN(C)CC1C. The number of piperidine rings is 1. The highest BCUT2D eigenvalue weighted by Gasteiger charge is 2.30. The van der Waals surface area contributed by atoms with Crippen molar-refractivity contribution in [3.8, 4) is 5.75 Å². The predicted molar refractivity (Wildman–Crippen MR) is 82.8 cm³/mol. The van der Waals surface area contributed by atoms with E-state index in [0.717, 1.165) is 19.5 Å². The number of sulfonamides is 1. The molecule has 1 fully saturated rings. The lowest BCUT2D eigenvalue weighted by atomic mass is 9.95. The number of rotatable bonds is 4. The van der Waals surface area contributed by atoms with E-state index in [0.29, 0.717) is 5.69 Å². The Morgan fingerprint density at radius 3 is 2.76 bits per heavy atom. The van der Waals surface area contributed by atoms with E-state index in [1.807, 2.05) is 7.05 Å². The van der Waals surface area contributed by atoms with Crippen LogP contribution in [0.15, 0.2) is 23.1 Å². The van der Waals surface area contributed by atoms with Crippen molar-refractivity contribution in [2.75, 3.05) is 33.0 Å². The van der Waals surface area contributed by atoms with Crippen LogP contribution in [-0.4, -0.2) is 46.6 Å². The third-order valence-corrected chi connectivity index (χ3v) is 5.42. The van der Waals surface area contributed by atoms with Gasteiger partial charge in [-0.15, -0.1) is 0 Å². The van der Waals surface area contributed by atoms with Crippen molar-refractivity contribution in [3.63, 3.8) is 0 Å². The Kier molecular flexibility index (Phi) is 4.75. The van der Waals surface area contributed by atoms with Crippen molar-refractivity contribution in [2.24, 2.45) is 5.92 Å². The van der Waals surface area contributed by atoms with Gasteiger partial charge in [0.2, 0.25) is 10.0 Å². The molecule has 1 aliphatic heterocycles. The van der Waals surface area contributed by atoms with E-state index in [4.69, 9.17) is 10.5 Å². The Balaban J connectivity index is 2.23. The fraction of sp³-hybridized carbons (Fsp3) is 0.571. The van der Waals surface area contributed by atoms with E-state index in [9.17, 15) is 8.42 Å². The van der Waals surface area contributed by atoms with Crippen molar-refractivity contribution in [1.29, 1.82) is 0 Å². The highest BCUT2D eigenvalue weighted by Crippen LogP contribution is 2.27. The Morgan fingerprint density at radius 1 is 1.43 bits per heavy atom. The number of hydrogen-bond donors (Lipinski definition) is 2. The zero-order chi connectivity index (χ0) is 15.6. The first-order chi connectivity index (χ1) is 9.83. The summed E-state index contributed by atoms with van der Waals surface area (Å²) in [4.78, 5) is 2.34. The second kappa shape index (κ2) is 6.21. The molecule has 0 aliphatic carbocycles. The summed E-state index contributed by atoms with van der Waals surface area (Å²) in [6, 6.07) is 4.51. The minimum Gasteiger partial charge on any atom is -0.495 e.